The normalized spacial score (nSPS) is 11.8. The molecule has 0 bridgehead atoms. The number of carboxylic acid groups (broad SMARTS) is 1. The Morgan fingerprint density at radius 3 is 2.70 bits per heavy atom. The molecule has 110 valence electrons. The van der Waals surface area contributed by atoms with E-state index >= 15 is 0 Å². The van der Waals surface area contributed by atoms with Crippen LogP contribution in [0.5, 0.6) is 0 Å². The number of hydrogen-bond acceptors (Lipinski definition) is 3. The van der Waals surface area contributed by atoms with Crippen molar-refractivity contribution in [2.24, 2.45) is 0 Å². The van der Waals surface area contributed by atoms with Crippen LogP contribution >= 0.6 is 11.8 Å². The predicted octanol–water partition coefficient (Wildman–Crippen LogP) is 2.79. The molecule has 1 aromatic rings. The number of halogens is 1. The summed E-state index contributed by atoms with van der Waals surface area (Å²) < 4.78 is 13.6. The Morgan fingerprint density at radius 1 is 1.45 bits per heavy atom. The van der Waals surface area contributed by atoms with Crippen LogP contribution in [-0.2, 0) is 0 Å². The van der Waals surface area contributed by atoms with Gasteiger partial charge >= 0.3 is 12.0 Å². The predicted molar refractivity (Wildman–Crippen MR) is 78.0 cm³/mol. The zero-order chi connectivity index (χ0) is 15.1. The van der Waals surface area contributed by atoms with Crippen LogP contribution < -0.4 is 10.6 Å². The van der Waals surface area contributed by atoms with Crippen LogP contribution in [0.4, 0.5) is 14.9 Å². The number of carbonyl (C=O) groups excluding carboxylic acids is 1. The highest BCUT2D eigenvalue weighted by atomic mass is 32.2. The minimum Gasteiger partial charge on any atom is -0.478 e. The second kappa shape index (κ2) is 7.74. The molecule has 20 heavy (non-hydrogen) atoms. The van der Waals surface area contributed by atoms with Gasteiger partial charge < -0.3 is 15.7 Å². The van der Waals surface area contributed by atoms with Crippen molar-refractivity contribution in [2.45, 2.75) is 19.9 Å². The summed E-state index contributed by atoms with van der Waals surface area (Å²) in [7, 11) is 0. The molecule has 2 amide bonds. The third-order valence-corrected chi connectivity index (χ3v) is 3.56. The number of thioether (sulfide) groups is 1. The number of hydrogen-bond donors (Lipinski definition) is 3. The Morgan fingerprint density at radius 2 is 2.15 bits per heavy atom. The molecule has 0 heterocycles. The van der Waals surface area contributed by atoms with Gasteiger partial charge in [0.1, 0.15) is 5.82 Å². The van der Waals surface area contributed by atoms with Gasteiger partial charge in [-0.2, -0.15) is 11.8 Å². The van der Waals surface area contributed by atoms with Crippen LogP contribution in [0.25, 0.3) is 0 Å². The molecule has 0 aromatic heterocycles. The van der Waals surface area contributed by atoms with Gasteiger partial charge in [0, 0.05) is 11.8 Å². The van der Waals surface area contributed by atoms with E-state index in [1.165, 1.54) is 12.1 Å². The van der Waals surface area contributed by atoms with Gasteiger partial charge in [-0.15, -0.1) is 0 Å². The van der Waals surface area contributed by atoms with E-state index in [0.29, 0.717) is 0 Å². The molecule has 0 spiro atoms. The Hall–Kier alpha value is -1.76. The number of benzene rings is 1. The first kappa shape index (κ1) is 16.3. The topological polar surface area (TPSA) is 78.4 Å². The summed E-state index contributed by atoms with van der Waals surface area (Å²) in [6.07, 6.45) is 0. The summed E-state index contributed by atoms with van der Waals surface area (Å²) in [6, 6.07) is 2.77. The molecule has 0 aliphatic heterocycles. The number of aromatic carboxylic acids is 1. The fourth-order valence-corrected chi connectivity index (χ4v) is 2.14. The van der Waals surface area contributed by atoms with E-state index in [1.807, 2.05) is 13.8 Å². The van der Waals surface area contributed by atoms with Crippen LogP contribution in [0.1, 0.15) is 24.2 Å². The molecule has 0 aliphatic carbocycles. The molecular formula is C13H17FN2O3S. The molecule has 1 aromatic carbocycles. The van der Waals surface area contributed by atoms with Crippen LogP contribution in [-0.4, -0.2) is 34.7 Å². The largest absolute Gasteiger partial charge is 0.478 e. The summed E-state index contributed by atoms with van der Waals surface area (Å²) in [5.74, 6) is -0.274. The van der Waals surface area contributed by atoms with E-state index in [-0.39, 0.29) is 17.3 Å². The lowest BCUT2D eigenvalue weighted by Gasteiger charge is -2.14. The first-order chi connectivity index (χ1) is 9.43. The van der Waals surface area contributed by atoms with Gasteiger partial charge in [0.05, 0.1) is 11.3 Å². The molecule has 0 saturated carbocycles. The summed E-state index contributed by atoms with van der Waals surface area (Å²) >= 11 is 1.69. The van der Waals surface area contributed by atoms with Crippen LogP contribution in [0.2, 0.25) is 0 Å². The molecule has 0 fully saturated rings. The second-order valence-corrected chi connectivity index (χ2v) is 5.48. The van der Waals surface area contributed by atoms with Crippen molar-refractivity contribution in [1.29, 1.82) is 0 Å². The Labute approximate surface area is 120 Å². The van der Waals surface area contributed by atoms with E-state index in [9.17, 15) is 14.0 Å². The number of rotatable bonds is 6. The van der Waals surface area contributed by atoms with Crippen molar-refractivity contribution in [3.8, 4) is 0 Å². The molecular weight excluding hydrogens is 283 g/mol. The molecule has 1 atom stereocenters. The van der Waals surface area contributed by atoms with Crippen molar-refractivity contribution in [2.75, 3.05) is 16.8 Å². The zero-order valence-corrected chi connectivity index (χ0v) is 12.1. The quantitative estimate of drug-likeness (QED) is 0.755. The van der Waals surface area contributed by atoms with E-state index in [0.717, 1.165) is 17.6 Å². The molecule has 1 unspecified atom stereocenters. The second-order valence-electron chi connectivity index (χ2n) is 4.16. The lowest BCUT2D eigenvalue weighted by Crippen LogP contribution is -2.37. The van der Waals surface area contributed by atoms with E-state index in [2.05, 4.69) is 10.6 Å². The van der Waals surface area contributed by atoms with E-state index < -0.39 is 17.8 Å². The third kappa shape index (κ3) is 5.08. The number of nitrogens with one attached hydrogen (secondary N) is 2. The van der Waals surface area contributed by atoms with Gasteiger partial charge in [-0.05, 0) is 30.9 Å². The number of anilines is 1. The zero-order valence-electron chi connectivity index (χ0n) is 11.3. The van der Waals surface area contributed by atoms with Crippen molar-refractivity contribution in [3.63, 3.8) is 0 Å². The molecule has 7 heteroatoms. The fourth-order valence-electron chi connectivity index (χ4n) is 1.47. The highest BCUT2D eigenvalue weighted by molar-refractivity contribution is 7.99. The lowest BCUT2D eigenvalue weighted by atomic mass is 10.2. The van der Waals surface area contributed by atoms with Crippen molar-refractivity contribution < 1.29 is 19.1 Å². The standard InChI is InChI=1S/C13H17FN2O3S/c1-3-20-7-8(2)15-13(19)16-11-5-4-9(12(17)18)6-10(11)14/h4-6,8H,3,7H2,1-2H3,(H,17,18)(H2,15,16,19). The number of amides is 2. The first-order valence-corrected chi connectivity index (χ1v) is 7.27. The average Bonchev–Trinajstić information content (AvgIpc) is 2.38. The van der Waals surface area contributed by atoms with E-state index in [4.69, 9.17) is 5.11 Å². The first-order valence-electron chi connectivity index (χ1n) is 6.12. The van der Waals surface area contributed by atoms with Crippen molar-refractivity contribution in [1.82, 2.24) is 5.32 Å². The summed E-state index contributed by atoms with van der Waals surface area (Å²) in [4.78, 5) is 22.3. The molecule has 1 rings (SSSR count). The third-order valence-electron chi connectivity index (χ3n) is 2.41. The van der Waals surface area contributed by atoms with Crippen molar-refractivity contribution >= 4 is 29.4 Å². The van der Waals surface area contributed by atoms with E-state index in [1.54, 1.807) is 11.8 Å². The highest BCUT2D eigenvalue weighted by Crippen LogP contribution is 2.15. The molecule has 0 saturated heterocycles. The maximum Gasteiger partial charge on any atom is 0.335 e. The maximum absolute atomic E-state index is 13.6. The Balaban J connectivity index is 2.60. The smallest absolute Gasteiger partial charge is 0.335 e. The van der Waals surface area contributed by atoms with Gasteiger partial charge in [0.25, 0.3) is 0 Å². The Kier molecular flexibility index (Phi) is 6.30. The van der Waals surface area contributed by atoms with Gasteiger partial charge in [-0.3, -0.25) is 0 Å². The van der Waals surface area contributed by atoms with Gasteiger partial charge in [-0.1, -0.05) is 6.92 Å². The SMILES string of the molecule is CCSCC(C)NC(=O)Nc1ccc(C(=O)O)cc1F. The number of urea groups is 1. The number of carboxylic acids is 1. The highest BCUT2D eigenvalue weighted by Gasteiger charge is 2.12. The van der Waals surface area contributed by atoms with Crippen LogP contribution in [0, 0.1) is 5.82 Å². The summed E-state index contributed by atoms with van der Waals surface area (Å²) in [5.41, 5.74) is -0.219. The molecule has 0 radical (unpaired) electrons. The number of carbonyl (C=O) groups is 2. The molecule has 5 nitrogen and oxygen atoms in total. The monoisotopic (exact) mass is 300 g/mol. The van der Waals surface area contributed by atoms with Crippen LogP contribution in [0.15, 0.2) is 18.2 Å². The van der Waals surface area contributed by atoms with Crippen molar-refractivity contribution in [3.05, 3.63) is 29.6 Å². The van der Waals surface area contributed by atoms with Gasteiger partial charge in [0.2, 0.25) is 0 Å². The maximum atomic E-state index is 13.6. The molecule has 0 aliphatic rings. The summed E-state index contributed by atoms with van der Waals surface area (Å²) in [5, 5.41) is 13.7. The average molecular weight is 300 g/mol. The fraction of sp³-hybridized carbons (Fsp3) is 0.385. The lowest BCUT2D eigenvalue weighted by molar-refractivity contribution is 0.0696. The Bertz CT molecular complexity index is 497. The summed E-state index contributed by atoms with van der Waals surface area (Å²) in [6.45, 7) is 3.88. The van der Waals surface area contributed by atoms with Crippen LogP contribution in [0.3, 0.4) is 0 Å². The van der Waals surface area contributed by atoms with Gasteiger partial charge in [-0.25, -0.2) is 14.0 Å². The molecule has 3 N–H and O–H groups in total. The minimum atomic E-state index is -1.22. The minimum absolute atomic E-state index is 0.0405. The van der Waals surface area contributed by atoms with Gasteiger partial charge in [0.15, 0.2) is 0 Å².